The molecule has 2 fully saturated rings. The summed E-state index contributed by atoms with van der Waals surface area (Å²) in [6.45, 7) is 4.59. The maximum absolute atomic E-state index is 4.13. The molecule has 2 aliphatic rings. The molecule has 0 aliphatic carbocycles. The lowest BCUT2D eigenvalue weighted by Crippen LogP contribution is -2.54. The number of rotatable bonds is 3. The lowest BCUT2D eigenvalue weighted by Gasteiger charge is -2.46. The van der Waals surface area contributed by atoms with Gasteiger partial charge in [0.05, 0.1) is 0 Å². The second kappa shape index (κ2) is 6.06. The third kappa shape index (κ3) is 2.68. The van der Waals surface area contributed by atoms with Crippen molar-refractivity contribution in [3.63, 3.8) is 0 Å². The van der Waals surface area contributed by atoms with E-state index < -0.39 is 0 Å². The van der Waals surface area contributed by atoms with Crippen molar-refractivity contribution in [3.05, 3.63) is 66.0 Å². The maximum Gasteiger partial charge on any atom is 0.0318 e. The summed E-state index contributed by atoms with van der Waals surface area (Å²) in [5.74, 6) is 0. The van der Waals surface area contributed by atoms with Gasteiger partial charge in [-0.25, -0.2) is 0 Å². The fourth-order valence-corrected chi connectivity index (χ4v) is 4.56. The molecule has 0 saturated carbocycles. The van der Waals surface area contributed by atoms with Gasteiger partial charge in [0.2, 0.25) is 0 Å². The summed E-state index contributed by atoms with van der Waals surface area (Å²) in [6.07, 6.45) is 6.35. The SMILES string of the molecule is CN1CC[C@@]2(c3ccccc3)CCN(Cc3ccncc3)C[C@@H]12. The predicted molar refractivity (Wildman–Crippen MR) is 93.3 cm³/mol. The molecule has 0 bridgehead atoms. The quantitative estimate of drug-likeness (QED) is 0.869. The van der Waals surface area contributed by atoms with Crippen LogP contribution in [0.1, 0.15) is 24.0 Å². The van der Waals surface area contributed by atoms with Crippen molar-refractivity contribution >= 4 is 0 Å². The zero-order valence-corrected chi connectivity index (χ0v) is 13.9. The minimum atomic E-state index is 0.352. The van der Waals surface area contributed by atoms with Crippen LogP contribution >= 0.6 is 0 Å². The minimum absolute atomic E-state index is 0.352. The Bertz CT molecular complexity index is 642. The van der Waals surface area contributed by atoms with Crippen LogP contribution in [-0.2, 0) is 12.0 Å². The summed E-state index contributed by atoms with van der Waals surface area (Å²) in [7, 11) is 2.30. The molecule has 2 aromatic rings. The summed E-state index contributed by atoms with van der Waals surface area (Å²) in [5.41, 5.74) is 3.26. The third-order valence-electron chi connectivity index (χ3n) is 5.89. The Balaban J connectivity index is 1.56. The fourth-order valence-electron chi connectivity index (χ4n) is 4.56. The van der Waals surface area contributed by atoms with Crippen LogP contribution in [0, 0.1) is 0 Å². The number of benzene rings is 1. The van der Waals surface area contributed by atoms with Gasteiger partial charge in [-0.05, 0) is 56.2 Å². The van der Waals surface area contributed by atoms with Gasteiger partial charge in [-0.3, -0.25) is 9.88 Å². The van der Waals surface area contributed by atoms with Crippen LogP contribution in [0.5, 0.6) is 0 Å². The van der Waals surface area contributed by atoms with Gasteiger partial charge in [0.15, 0.2) is 0 Å². The zero-order valence-electron chi connectivity index (χ0n) is 13.9. The first-order valence-electron chi connectivity index (χ1n) is 8.65. The number of likely N-dealkylation sites (N-methyl/N-ethyl adjacent to an activating group) is 1. The van der Waals surface area contributed by atoms with Crippen molar-refractivity contribution in [3.8, 4) is 0 Å². The molecule has 4 rings (SSSR count). The number of piperidine rings is 1. The molecule has 0 radical (unpaired) electrons. The third-order valence-corrected chi connectivity index (χ3v) is 5.89. The van der Waals surface area contributed by atoms with Gasteiger partial charge in [0.1, 0.15) is 0 Å². The van der Waals surface area contributed by atoms with Crippen LogP contribution in [0.15, 0.2) is 54.9 Å². The van der Waals surface area contributed by atoms with Gasteiger partial charge in [0, 0.05) is 36.9 Å². The van der Waals surface area contributed by atoms with E-state index in [1.54, 1.807) is 0 Å². The number of pyridine rings is 1. The average molecular weight is 307 g/mol. The Hall–Kier alpha value is -1.71. The van der Waals surface area contributed by atoms with E-state index in [-0.39, 0.29) is 0 Å². The highest BCUT2D eigenvalue weighted by Gasteiger charge is 2.49. The van der Waals surface area contributed by atoms with Crippen LogP contribution in [-0.4, -0.2) is 47.5 Å². The Morgan fingerprint density at radius 2 is 1.78 bits per heavy atom. The van der Waals surface area contributed by atoms with E-state index in [9.17, 15) is 0 Å². The monoisotopic (exact) mass is 307 g/mol. The van der Waals surface area contributed by atoms with Crippen molar-refractivity contribution in [1.82, 2.24) is 14.8 Å². The molecule has 0 spiro atoms. The minimum Gasteiger partial charge on any atom is -0.301 e. The van der Waals surface area contributed by atoms with Crippen molar-refractivity contribution in [1.29, 1.82) is 0 Å². The van der Waals surface area contributed by atoms with Gasteiger partial charge in [-0.15, -0.1) is 0 Å². The summed E-state index contributed by atoms with van der Waals surface area (Å²) in [4.78, 5) is 9.32. The Morgan fingerprint density at radius 1 is 1.04 bits per heavy atom. The van der Waals surface area contributed by atoms with E-state index in [1.165, 1.54) is 37.1 Å². The Morgan fingerprint density at radius 3 is 2.57 bits per heavy atom. The van der Waals surface area contributed by atoms with E-state index in [4.69, 9.17) is 0 Å². The molecular weight excluding hydrogens is 282 g/mol. The molecule has 2 atom stereocenters. The molecule has 3 heterocycles. The van der Waals surface area contributed by atoms with Crippen molar-refractivity contribution in [2.45, 2.75) is 30.8 Å². The van der Waals surface area contributed by atoms with E-state index in [2.05, 4.69) is 64.3 Å². The largest absolute Gasteiger partial charge is 0.301 e. The number of fused-ring (bicyclic) bond motifs is 1. The molecule has 1 aromatic carbocycles. The molecule has 1 aromatic heterocycles. The molecule has 0 N–H and O–H groups in total. The highest BCUT2D eigenvalue weighted by atomic mass is 15.3. The number of hydrogen-bond acceptors (Lipinski definition) is 3. The van der Waals surface area contributed by atoms with Gasteiger partial charge in [-0.1, -0.05) is 30.3 Å². The Labute approximate surface area is 139 Å². The van der Waals surface area contributed by atoms with Gasteiger partial charge < -0.3 is 4.90 Å². The average Bonchev–Trinajstić information content (AvgIpc) is 2.95. The summed E-state index contributed by atoms with van der Waals surface area (Å²) < 4.78 is 0. The lowest BCUT2D eigenvalue weighted by molar-refractivity contribution is 0.0917. The van der Waals surface area contributed by atoms with Crippen LogP contribution in [0.3, 0.4) is 0 Å². The predicted octanol–water partition coefficient (Wildman–Crippen LogP) is 2.93. The highest BCUT2D eigenvalue weighted by molar-refractivity contribution is 5.31. The van der Waals surface area contributed by atoms with Crippen LogP contribution in [0.2, 0.25) is 0 Å². The first-order chi connectivity index (χ1) is 11.3. The van der Waals surface area contributed by atoms with Crippen molar-refractivity contribution in [2.24, 2.45) is 0 Å². The Kier molecular flexibility index (Phi) is 3.92. The standard InChI is InChI=1S/C20H25N3/c1-22-13-9-20(18-5-3-2-4-6-18)10-14-23(16-19(20)22)15-17-7-11-21-12-8-17/h2-8,11-12,19H,9-10,13-16H2,1H3/t19-,20+/m1/s1. The fraction of sp³-hybridized carbons (Fsp3) is 0.450. The summed E-state index contributed by atoms with van der Waals surface area (Å²) in [5, 5.41) is 0. The summed E-state index contributed by atoms with van der Waals surface area (Å²) >= 11 is 0. The van der Waals surface area contributed by atoms with E-state index >= 15 is 0 Å². The molecule has 0 unspecified atom stereocenters. The number of aromatic nitrogens is 1. The van der Waals surface area contributed by atoms with Crippen LogP contribution in [0.25, 0.3) is 0 Å². The molecule has 3 nitrogen and oxygen atoms in total. The van der Waals surface area contributed by atoms with Gasteiger partial charge in [0.25, 0.3) is 0 Å². The summed E-state index contributed by atoms with van der Waals surface area (Å²) in [6, 6.07) is 16.1. The zero-order chi connectivity index (χ0) is 15.7. The van der Waals surface area contributed by atoms with Gasteiger partial charge >= 0.3 is 0 Å². The molecule has 23 heavy (non-hydrogen) atoms. The first kappa shape index (κ1) is 14.9. The molecular formula is C20H25N3. The number of likely N-dealkylation sites (tertiary alicyclic amines) is 2. The van der Waals surface area contributed by atoms with Crippen molar-refractivity contribution in [2.75, 3.05) is 26.7 Å². The van der Waals surface area contributed by atoms with Crippen LogP contribution in [0.4, 0.5) is 0 Å². The molecule has 2 saturated heterocycles. The van der Waals surface area contributed by atoms with E-state index in [1.807, 2.05) is 12.4 Å². The van der Waals surface area contributed by atoms with Crippen LogP contribution < -0.4 is 0 Å². The van der Waals surface area contributed by atoms with E-state index in [0.29, 0.717) is 11.5 Å². The van der Waals surface area contributed by atoms with E-state index in [0.717, 1.165) is 13.1 Å². The molecule has 120 valence electrons. The smallest absolute Gasteiger partial charge is 0.0318 e. The normalized spacial score (nSPS) is 28.7. The molecule has 0 amide bonds. The molecule has 2 aliphatic heterocycles. The number of hydrogen-bond donors (Lipinski definition) is 0. The van der Waals surface area contributed by atoms with Gasteiger partial charge in [-0.2, -0.15) is 0 Å². The second-order valence-electron chi connectivity index (χ2n) is 7.11. The first-order valence-corrected chi connectivity index (χ1v) is 8.65. The maximum atomic E-state index is 4.13. The topological polar surface area (TPSA) is 19.4 Å². The number of nitrogens with zero attached hydrogens (tertiary/aromatic N) is 3. The lowest BCUT2D eigenvalue weighted by atomic mass is 9.69. The molecule has 3 heteroatoms. The highest BCUT2D eigenvalue weighted by Crippen LogP contribution is 2.45. The van der Waals surface area contributed by atoms with Crippen molar-refractivity contribution < 1.29 is 0 Å². The second-order valence-corrected chi connectivity index (χ2v) is 7.11.